The molecule has 0 heterocycles. The van der Waals surface area contributed by atoms with Gasteiger partial charge in [0.05, 0.1) is 4.47 Å². The molecule has 2 aromatic carbocycles. The summed E-state index contributed by atoms with van der Waals surface area (Å²) in [5.41, 5.74) is 4.48. The number of benzene rings is 2. The molecule has 0 fully saturated rings. The largest absolute Gasteiger partial charge is 0.378 e. The van der Waals surface area contributed by atoms with Crippen LogP contribution in [0.3, 0.4) is 0 Å². The second kappa shape index (κ2) is 5.74. The fourth-order valence-electron chi connectivity index (χ4n) is 2.18. The predicted molar refractivity (Wildman–Crippen MR) is 82.1 cm³/mol. The molecule has 0 aliphatic carbocycles. The first-order valence-corrected chi connectivity index (χ1v) is 7.05. The quantitative estimate of drug-likeness (QED) is 0.800. The van der Waals surface area contributed by atoms with Gasteiger partial charge in [0.15, 0.2) is 0 Å². The number of aryl methyl sites for hydroxylation is 2. The first kappa shape index (κ1) is 14.1. The minimum Gasteiger partial charge on any atom is -0.378 e. The third-order valence-electron chi connectivity index (χ3n) is 3.05. The van der Waals surface area contributed by atoms with Gasteiger partial charge in [-0.2, -0.15) is 0 Å². The second-order valence-electron chi connectivity index (χ2n) is 4.92. The van der Waals surface area contributed by atoms with Gasteiger partial charge in [0, 0.05) is 11.7 Å². The molecule has 0 aliphatic rings. The van der Waals surface area contributed by atoms with Crippen molar-refractivity contribution < 1.29 is 4.39 Å². The van der Waals surface area contributed by atoms with Crippen LogP contribution in [0.15, 0.2) is 40.9 Å². The first-order valence-electron chi connectivity index (χ1n) is 6.25. The van der Waals surface area contributed by atoms with Gasteiger partial charge >= 0.3 is 0 Å². The summed E-state index contributed by atoms with van der Waals surface area (Å²) in [6, 6.07) is 11.7. The van der Waals surface area contributed by atoms with Crippen molar-refractivity contribution in [1.29, 1.82) is 0 Å². The Bertz CT molecular complexity index is 575. The number of anilines is 1. The molecule has 2 aromatic rings. The second-order valence-corrected chi connectivity index (χ2v) is 5.77. The summed E-state index contributed by atoms with van der Waals surface area (Å²) >= 11 is 3.16. The molecule has 0 bridgehead atoms. The number of halogens is 2. The molecular formula is C16H17BrFN. The van der Waals surface area contributed by atoms with E-state index in [2.05, 4.69) is 60.2 Å². The number of hydrogen-bond donors (Lipinski definition) is 1. The summed E-state index contributed by atoms with van der Waals surface area (Å²) in [5, 5.41) is 3.32. The maximum Gasteiger partial charge on any atom is 0.139 e. The Balaban J connectivity index is 2.20. The van der Waals surface area contributed by atoms with E-state index in [4.69, 9.17) is 0 Å². The van der Waals surface area contributed by atoms with E-state index in [9.17, 15) is 4.39 Å². The molecule has 3 heteroatoms. The van der Waals surface area contributed by atoms with Gasteiger partial charge in [0.25, 0.3) is 0 Å². The van der Waals surface area contributed by atoms with Crippen LogP contribution in [0, 0.1) is 19.7 Å². The van der Waals surface area contributed by atoms with Crippen LogP contribution in [0.2, 0.25) is 0 Å². The highest BCUT2D eigenvalue weighted by Crippen LogP contribution is 2.24. The van der Waals surface area contributed by atoms with Crippen LogP contribution in [-0.4, -0.2) is 0 Å². The lowest BCUT2D eigenvalue weighted by molar-refractivity contribution is 0.621. The Morgan fingerprint density at radius 3 is 2.26 bits per heavy atom. The maximum atomic E-state index is 13.5. The van der Waals surface area contributed by atoms with Crippen molar-refractivity contribution in [3.05, 3.63) is 63.4 Å². The summed E-state index contributed by atoms with van der Waals surface area (Å²) in [7, 11) is 0. The Labute approximate surface area is 122 Å². The molecule has 1 unspecified atom stereocenters. The zero-order valence-corrected chi connectivity index (χ0v) is 12.9. The molecule has 100 valence electrons. The standard InChI is InChI=1S/C16H17BrFN/c1-10-6-11(2)8-13(7-10)12(3)19-14-4-5-15(17)16(18)9-14/h4-9,12,19H,1-3H3. The monoisotopic (exact) mass is 321 g/mol. The molecule has 0 radical (unpaired) electrons. The summed E-state index contributed by atoms with van der Waals surface area (Å²) in [6.45, 7) is 6.25. The van der Waals surface area contributed by atoms with Crippen molar-refractivity contribution in [2.45, 2.75) is 26.8 Å². The minimum absolute atomic E-state index is 0.138. The van der Waals surface area contributed by atoms with Crippen LogP contribution in [0.25, 0.3) is 0 Å². The smallest absolute Gasteiger partial charge is 0.139 e. The predicted octanol–water partition coefficient (Wildman–Crippen LogP) is 5.38. The zero-order chi connectivity index (χ0) is 14.0. The normalized spacial score (nSPS) is 12.3. The van der Waals surface area contributed by atoms with Gasteiger partial charge in [-0.15, -0.1) is 0 Å². The third-order valence-corrected chi connectivity index (χ3v) is 3.69. The van der Waals surface area contributed by atoms with Crippen LogP contribution in [-0.2, 0) is 0 Å². The fraction of sp³-hybridized carbons (Fsp3) is 0.250. The SMILES string of the molecule is Cc1cc(C)cc(C(C)Nc2ccc(Br)c(F)c2)c1. The maximum absolute atomic E-state index is 13.5. The van der Waals surface area contributed by atoms with E-state index in [1.54, 1.807) is 6.07 Å². The lowest BCUT2D eigenvalue weighted by Gasteiger charge is -2.17. The molecule has 0 aliphatic heterocycles. The van der Waals surface area contributed by atoms with Gasteiger partial charge < -0.3 is 5.32 Å². The molecule has 1 N–H and O–H groups in total. The van der Waals surface area contributed by atoms with Crippen molar-refractivity contribution >= 4 is 21.6 Å². The van der Waals surface area contributed by atoms with E-state index in [1.807, 2.05) is 6.07 Å². The summed E-state index contributed by atoms with van der Waals surface area (Å²) in [4.78, 5) is 0. The van der Waals surface area contributed by atoms with Crippen LogP contribution in [0.5, 0.6) is 0 Å². The van der Waals surface area contributed by atoms with E-state index in [-0.39, 0.29) is 11.9 Å². The fourth-order valence-corrected chi connectivity index (χ4v) is 2.43. The molecule has 1 nitrogen and oxygen atoms in total. The van der Waals surface area contributed by atoms with Crippen LogP contribution in [0.4, 0.5) is 10.1 Å². The molecule has 2 rings (SSSR count). The molecular weight excluding hydrogens is 305 g/mol. The Hall–Kier alpha value is -1.35. The molecule has 0 amide bonds. The number of nitrogens with one attached hydrogen (secondary N) is 1. The first-order chi connectivity index (χ1) is 8.95. The highest BCUT2D eigenvalue weighted by Gasteiger charge is 2.08. The number of hydrogen-bond acceptors (Lipinski definition) is 1. The lowest BCUT2D eigenvalue weighted by Crippen LogP contribution is -2.07. The Morgan fingerprint density at radius 2 is 1.68 bits per heavy atom. The molecule has 0 saturated carbocycles. The van der Waals surface area contributed by atoms with E-state index >= 15 is 0 Å². The molecule has 0 saturated heterocycles. The van der Waals surface area contributed by atoms with Gasteiger partial charge in [-0.3, -0.25) is 0 Å². The minimum atomic E-state index is -0.252. The highest BCUT2D eigenvalue weighted by atomic mass is 79.9. The van der Waals surface area contributed by atoms with E-state index < -0.39 is 0 Å². The average Bonchev–Trinajstić information content (AvgIpc) is 2.32. The van der Waals surface area contributed by atoms with Crippen molar-refractivity contribution in [1.82, 2.24) is 0 Å². The van der Waals surface area contributed by atoms with E-state index in [1.165, 1.54) is 22.8 Å². The third kappa shape index (κ3) is 3.57. The van der Waals surface area contributed by atoms with Gasteiger partial charge in [0.1, 0.15) is 5.82 Å². The van der Waals surface area contributed by atoms with E-state index in [0.29, 0.717) is 4.47 Å². The van der Waals surface area contributed by atoms with Crippen molar-refractivity contribution in [3.63, 3.8) is 0 Å². The molecule has 0 aromatic heterocycles. The summed E-state index contributed by atoms with van der Waals surface area (Å²) in [5.74, 6) is -0.252. The van der Waals surface area contributed by atoms with E-state index in [0.717, 1.165) is 5.69 Å². The van der Waals surface area contributed by atoms with Crippen molar-refractivity contribution in [3.8, 4) is 0 Å². The zero-order valence-electron chi connectivity index (χ0n) is 11.3. The molecule has 1 atom stereocenters. The van der Waals surface area contributed by atoms with Crippen molar-refractivity contribution in [2.75, 3.05) is 5.32 Å². The average molecular weight is 322 g/mol. The topological polar surface area (TPSA) is 12.0 Å². The number of rotatable bonds is 3. The summed E-state index contributed by atoms with van der Waals surface area (Å²) < 4.78 is 14.0. The van der Waals surface area contributed by atoms with Gasteiger partial charge in [0.2, 0.25) is 0 Å². The van der Waals surface area contributed by atoms with Gasteiger partial charge in [-0.1, -0.05) is 29.3 Å². The highest BCUT2D eigenvalue weighted by molar-refractivity contribution is 9.10. The van der Waals surface area contributed by atoms with Gasteiger partial charge in [-0.25, -0.2) is 4.39 Å². The van der Waals surface area contributed by atoms with Gasteiger partial charge in [-0.05, 0) is 60.5 Å². The molecule has 0 spiro atoms. The van der Waals surface area contributed by atoms with Crippen LogP contribution >= 0.6 is 15.9 Å². The molecule has 19 heavy (non-hydrogen) atoms. The Morgan fingerprint density at radius 1 is 1.05 bits per heavy atom. The Kier molecular flexibility index (Phi) is 4.25. The van der Waals surface area contributed by atoms with Crippen molar-refractivity contribution in [2.24, 2.45) is 0 Å². The van der Waals surface area contributed by atoms with Crippen LogP contribution < -0.4 is 5.32 Å². The van der Waals surface area contributed by atoms with Crippen LogP contribution in [0.1, 0.15) is 29.7 Å². The lowest BCUT2D eigenvalue weighted by atomic mass is 10.0. The summed E-state index contributed by atoms with van der Waals surface area (Å²) in [6.07, 6.45) is 0.